The largest absolute Gasteiger partial charge is 0.310 e. The van der Waals surface area contributed by atoms with Crippen molar-refractivity contribution in [3.05, 3.63) is 258 Å². The van der Waals surface area contributed by atoms with Crippen LogP contribution in [0.2, 0.25) is 0 Å². The molecular weight excluding hydrogens is 711 g/mol. The van der Waals surface area contributed by atoms with Gasteiger partial charge >= 0.3 is 0 Å². The lowest BCUT2D eigenvalue weighted by Crippen LogP contribution is -2.28. The van der Waals surface area contributed by atoms with Gasteiger partial charge in [0.05, 0.1) is 11.1 Å². The average Bonchev–Trinajstić information content (AvgIpc) is 3.73. The van der Waals surface area contributed by atoms with Crippen LogP contribution in [-0.2, 0) is 10.8 Å². The average molecular weight is 754 g/mol. The topological polar surface area (TPSA) is 3.24 Å². The van der Waals surface area contributed by atoms with Gasteiger partial charge in [0.15, 0.2) is 0 Å². The Kier molecular flexibility index (Phi) is 8.13. The van der Waals surface area contributed by atoms with E-state index in [1.54, 1.807) is 0 Å². The Labute approximate surface area is 347 Å². The maximum absolute atomic E-state index is 2.45. The molecule has 0 saturated carbocycles. The molecule has 2 aliphatic rings. The Hall–Kier alpha value is -7.22. The molecule has 0 fully saturated rings. The third-order valence-electron chi connectivity index (χ3n) is 13.0. The Bertz CT molecular complexity index is 2960. The fourth-order valence-corrected chi connectivity index (χ4v) is 10.2. The Morgan fingerprint density at radius 2 is 0.780 bits per heavy atom. The Morgan fingerprint density at radius 1 is 0.305 bits per heavy atom. The molecule has 0 amide bonds. The molecule has 1 nitrogen and oxygen atoms in total. The SMILES string of the molecule is CC1(C)c2ccccc2-c2ccc(N(c3ccc(-c4ccc5c(c4)C(c4ccccc4)(c4ccccc4)c4ccccc4-5)cc3)c3ccccc3-c3ccccc3)cc21. The minimum Gasteiger partial charge on any atom is -0.310 e. The minimum absolute atomic E-state index is 0.113. The number of rotatable bonds is 7. The molecule has 0 aliphatic heterocycles. The van der Waals surface area contributed by atoms with Crippen molar-refractivity contribution < 1.29 is 0 Å². The second-order valence-electron chi connectivity index (χ2n) is 16.5. The van der Waals surface area contributed by atoms with Crippen molar-refractivity contribution in [1.29, 1.82) is 0 Å². The van der Waals surface area contributed by atoms with E-state index in [1.165, 1.54) is 77.9 Å². The summed E-state index contributed by atoms with van der Waals surface area (Å²) in [7, 11) is 0. The van der Waals surface area contributed by atoms with E-state index < -0.39 is 5.41 Å². The van der Waals surface area contributed by atoms with Crippen molar-refractivity contribution in [3.63, 3.8) is 0 Å². The smallest absolute Gasteiger partial charge is 0.0713 e. The number of fused-ring (bicyclic) bond motifs is 6. The lowest BCUT2D eigenvalue weighted by atomic mass is 9.67. The molecule has 0 N–H and O–H groups in total. The number of anilines is 3. The fourth-order valence-electron chi connectivity index (χ4n) is 10.2. The van der Waals surface area contributed by atoms with E-state index in [9.17, 15) is 0 Å². The van der Waals surface area contributed by atoms with Gasteiger partial charge in [0, 0.05) is 22.4 Å². The summed E-state index contributed by atoms with van der Waals surface area (Å²) in [6, 6.07) is 82.9. The van der Waals surface area contributed by atoms with Crippen LogP contribution in [0.1, 0.15) is 47.2 Å². The van der Waals surface area contributed by atoms with E-state index in [2.05, 4.69) is 243 Å². The summed E-state index contributed by atoms with van der Waals surface area (Å²) in [5.74, 6) is 0. The molecule has 280 valence electrons. The lowest BCUT2D eigenvalue weighted by molar-refractivity contribution is 0.660. The number of nitrogens with zero attached hydrogens (tertiary/aromatic N) is 1. The van der Waals surface area contributed by atoms with Crippen LogP contribution in [-0.4, -0.2) is 0 Å². The summed E-state index contributed by atoms with van der Waals surface area (Å²) in [6.45, 7) is 4.72. The van der Waals surface area contributed by atoms with Gasteiger partial charge in [0.25, 0.3) is 0 Å². The molecule has 2 aliphatic carbocycles. The quantitative estimate of drug-likeness (QED) is 0.157. The molecule has 11 rings (SSSR count). The Morgan fingerprint density at radius 3 is 1.46 bits per heavy atom. The van der Waals surface area contributed by atoms with Crippen LogP contribution in [0.3, 0.4) is 0 Å². The zero-order chi connectivity index (χ0) is 39.6. The maximum atomic E-state index is 2.45. The van der Waals surface area contributed by atoms with E-state index in [4.69, 9.17) is 0 Å². The standard InChI is InChI=1S/C58H43N/c1-57(2)52-27-15-12-25-48(52)50-37-35-46(39-54(50)57)59(56-29-17-14-24-47(56)41-18-6-3-7-19-41)45-33-30-40(31-34-45)42-32-36-51-49-26-13-16-28-53(49)58(55(51)38-42,43-20-8-4-9-21-43)44-22-10-5-11-23-44/h3-39H,1-2H3. The van der Waals surface area contributed by atoms with Gasteiger partial charge in [-0.05, 0) is 109 Å². The monoisotopic (exact) mass is 753 g/mol. The molecule has 0 heterocycles. The van der Waals surface area contributed by atoms with Gasteiger partial charge < -0.3 is 4.90 Å². The zero-order valence-electron chi connectivity index (χ0n) is 33.3. The predicted octanol–water partition coefficient (Wildman–Crippen LogP) is 15.2. The minimum atomic E-state index is -0.441. The number of benzene rings is 9. The number of hydrogen-bond donors (Lipinski definition) is 0. The summed E-state index contributed by atoms with van der Waals surface area (Å²) < 4.78 is 0. The molecule has 0 spiro atoms. The highest BCUT2D eigenvalue weighted by Crippen LogP contribution is 2.57. The van der Waals surface area contributed by atoms with Crippen molar-refractivity contribution in [2.45, 2.75) is 24.7 Å². The zero-order valence-corrected chi connectivity index (χ0v) is 33.3. The highest BCUT2D eigenvalue weighted by molar-refractivity contribution is 5.92. The van der Waals surface area contributed by atoms with E-state index in [0.717, 1.165) is 17.1 Å². The maximum Gasteiger partial charge on any atom is 0.0713 e. The fraction of sp³-hybridized carbons (Fsp3) is 0.0690. The predicted molar refractivity (Wildman–Crippen MR) is 247 cm³/mol. The van der Waals surface area contributed by atoms with Crippen molar-refractivity contribution in [2.75, 3.05) is 4.90 Å². The van der Waals surface area contributed by atoms with Crippen LogP contribution in [0.25, 0.3) is 44.5 Å². The van der Waals surface area contributed by atoms with Gasteiger partial charge in [0.1, 0.15) is 0 Å². The van der Waals surface area contributed by atoms with E-state index >= 15 is 0 Å². The highest BCUT2D eigenvalue weighted by atomic mass is 15.1. The van der Waals surface area contributed by atoms with Gasteiger partial charge in [-0.3, -0.25) is 0 Å². The molecular formula is C58H43N. The Balaban J connectivity index is 1.06. The number of hydrogen-bond acceptors (Lipinski definition) is 1. The highest BCUT2D eigenvalue weighted by Gasteiger charge is 2.46. The van der Waals surface area contributed by atoms with Crippen LogP contribution in [0.15, 0.2) is 224 Å². The van der Waals surface area contributed by atoms with Crippen molar-refractivity contribution in [1.82, 2.24) is 0 Å². The van der Waals surface area contributed by atoms with Crippen LogP contribution >= 0.6 is 0 Å². The van der Waals surface area contributed by atoms with Gasteiger partial charge in [-0.25, -0.2) is 0 Å². The third kappa shape index (κ3) is 5.39. The van der Waals surface area contributed by atoms with Crippen LogP contribution in [0.5, 0.6) is 0 Å². The lowest BCUT2D eigenvalue weighted by Gasteiger charge is -2.34. The van der Waals surface area contributed by atoms with E-state index in [-0.39, 0.29) is 5.41 Å². The molecule has 0 unspecified atom stereocenters. The van der Waals surface area contributed by atoms with Gasteiger partial charge in [0.2, 0.25) is 0 Å². The molecule has 1 heteroatoms. The molecule has 9 aromatic rings. The first kappa shape index (κ1) is 35.0. The molecule has 0 radical (unpaired) electrons. The first-order chi connectivity index (χ1) is 29.0. The summed E-state index contributed by atoms with van der Waals surface area (Å²) >= 11 is 0. The van der Waals surface area contributed by atoms with Crippen molar-refractivity contribution >= 4 is 17.1 Å². The molecule has 0 aromatic heterocycles. The molecule has 0 bridgehead atoms. The van der Waals surface area contributed by atoms with Gasteiger partial charge in [-0.1, -0.05) is 202 Å². The second-order valence-corrected chi connectivity index (χ2v) is 16.5. The van der Waals surface area contributed by atoms with Crippen LogP contribution in [0, 0.1) is 0 Å². The van der Waals surface area contributed by atoms with Crippen molar-refractivity contribution in [3.8, 4) is 44.5 Å². The normalized spacial score (nSPS) is 13.9. The summed E-state index contributed by atoms with van der Waals surface area (Å²) in [6.07, 6.45) is 0. The molecule has 0 atom stereocenters. The molecule has 0 saturated heterocycles. The van der Waals surface area contributed by atoms with E-state index in [1.807, 2.05) is 0 Å². The molecule has 9 aromatic carbocycles. The van der Waals surface area contributed by atoms with Crippen molar-refractivity contribution in [2.24, 2.45) is 0 Å². The molecule has 59 heavy (non-hydrogen) atoms. The summed E-state index contributed by atoms with van der Waals surface area (Å²) in [4.78, 5) is 2.45. The number of para-hydroxylation sites is 1. The second kappa shape index (κ2) is 13.7. The summed E-state index contributed by atoms with van der Waals surface area (Å²) in [5.41, 5.74) is 20.8. The van der Waals surface area contributed by atoms with E-state index in [0.29, 0.717) is 0 Å². The van der Waals surface area contributed by atoms with Crippen LogP contribution in [0.4, 0.5) is 17.1 Å². The first-order valence-electron chi connectivity index (χ1n) is 20.7. The van der Waals surface area contributed by atoms with Gasteiger partial charge in [-0.15, -0.1) is 0 Å². The van der Waals surface area contributed by atoms with Crippen LogP contribution < -0.4 is 4.90 Å². The third-order valence-corrected chi connectivity index (χ3v) is 13.0. The summed E-state index contributed by atoms with van der Waals surface area (Å²) in [5, 5.41) is 0. The first-order valence-corrected chi connectivity index (χ1v) is 20.7. The van der Waals surface area contributed by atoms with Gasteiger partial charge in [-0.2, -0.15) is 0 Å².